The van der Waals surface area contributed by atoms with Crippen LogP contribution in [0.1, 0.15) is 61.5 Å². The van der Waals surface area contributed by atoms with Gasteiger partial charge in [-0.3, -0.25) is 4.79 Å². The lowest BCUT2D eigenvalue weighted by Crippen LogP contribution is -2.16. The van der Waals surface area contributed by atoms with E-state index < -0.39 is 0 Å². The van der Waals surface area contributed by atoms with Gasteiger partial charge < -0.3 is 38.3 Å². The van der Waals surface area contributed by atoms with Crippen LogP contribution in [0.5, 0.6) is 46.0 Å². The van der Waals surface area contributed by atoms with Crippen LogP contribution in [0, 0.1) is 0 Å². The summed E-state index contributed by atoms with van der Waals surface area (Å²) in [6.07, 6.45) is 0.527. The van der Waals surface area contributed by atoms with E-state index in [4.69, 9.17) is 33.2 Å². The fraction of sp³-hybridized carbons (Fsp3) is 0.262. The number of ketones is 1. The lowest BCUT2D eigenvalue weighted by Gasteiger charge is -2.28. The molecule has 3 atom stereocenters. The first-order valence-electron chi connectivity index (χ1n) is 16.5. The summed E-state index contributed by atoms with van der Waals surface area (Å²) in [5, 5.41) is 10.2. The lowest BCUT2D eigenvalue weighted by atomic mass is 9.75. The second-order valence-corrected chi connectivity index (χ2v) is 12.3. The molecule has 0 bridgehead atoms. The summed E-state index contributed by atoms with van der Waals surface area (Å²) in [5.74, 6) is 3.02. The quantitative estimate of drug-likeness (QED) is 0.123. The molecular formula is C42H42O9. The Morgan fingerprint density at radius 3 is 1.59 bits per heavy atom. The van der Waals surface area contributed by atoms with E-state index in [1.807, 2.05) is 42.5 Å². The van der Waals surface area contributed by atoms with E-state index in [1.165, 1.54) is 0 Å². The van der Waals surface area contributed by atoms with Gasteiger partial charge in [0.05, 0.1) is 55.3 Å². The maximum Gasteiger partial charge on any atom is 0.197 e. The zero-order chi connectivity index (χ0) is 36.2. The van der Waals surface area contributed by atoms with Crippen LogP contribution < -0.4 is 33.2 Å². The molecule has 0 spiro atoms. The van der Waals surface area contributed by atoms with Crippen molar-refractivity contribution in [3.63, 3.8) is 0 Å². The summed E-state index contributed by atoms with van der Waals surface area (Å²) in [5.41, 5.74) is 5.40. The Bertz CT molecular complexity index is 1970. The molecule has 0 unspecified atom stereocenters. The van der Waals surface area contributed by atoms with E-state index in [2.05, 4.69) is 12.1 Å². The van der Waals surface area contributed by atoms with Gasteiger partial charge in [0, 0.05) is 41.2 Å². The van der Waals surface area contributed by atoms with Crippen molar-refractivity contribution in [3.8, 4) is 46.0 Å². The molecule has 0 amide bonds. The summed E-state index contributed by atoms with van der Waals surface area (Å²) in [7, 11) is 11.2. The van der Waals surface area contributed by atoms with Crippen molar-refractivity contribution in [2.24, 2.45) is 0 Å². The third kappa shape index (κ3) is 6.71. The van der Waals surface area contributed by atoms with Crippen molar-refractivity contribution in [1.29, 1.82) is 0 Å². The highest BCUT2D eigenvalue weighted by atomic mass is 16.5. The number of phenols is 1. The number of hydrogen-bond donors (Lipinski definition) is 1. The van der Waals surface area contributed by atoms with Crippen molar-refractivity contribution in [2.75, 3.05) is 49.8 Å². The van der Waals surface area contributed by atoms with Crippen LogP contribution in [0.15, 0.2) is 91.0 Å². The Labute approximate surface area is 298 Å². The fourth-order valence-corrected chi connectivity index (χ4v) is 7.36. The first-order valence-corrected chi connectivity index (χ1v) is 16.5. The predicted octanol–water partition coefficient (Wildman–Crippen LogP) is 7.94. The molecule has 9 nitrogen and oxygen atoms in total. The Hall–Kier alpha value is -5.83. The lowest BCUT2D eigenvalue weighted by molar-refractivity contribution is 0.103. The number of aromatic hydroxyl groups is 1. The highest BCUT2D eigenvalue weighted by Gasteiger charge is 2.47. The number of benzene rings is 5. The standard InChI is InChI=1S/C42H42O9/c1-45-29-14-10-25(11-15-29)37-34(16-24-8-12-28(43)13-9-24)39-40(38(37)26-17-30(46-2)21-31(18-26)47-3)35(50-6)23-36(51-7)41(39)42(44)27-19-32(48-4)22-33(20-27)49-5/h8-15,17-23,34,37-38,43H,16H2,1-7H3/t34-,37+,38-/m0/s1. The zero-order valence-corrected chi connectivity index (χ0v) is 29.8. The Morgan fingerprint density at radius 2 is 1.08 bits per heavy atom. The minimum atomic E-state index is -0.327. The number of fused-ring (bicyclic) bond motifs is 1. The molecule has 264 valence electrons. The Morgan fingerprint density at radius 1 is 0.549 bits per heavy atom. The molecule has 5 aromatic carbocycles. The van der Waals surface area contributed by atoms with Gasteiger partial charge in [-0.05, 0) is 83.1 Å². The van der Waals surface area contributed by atoms with Gasteiger partial charge in [0.1, 0.15) is 46.0 Å². The van der Waals surface area contributed by atoms with Crippen LogP contribution >= 0.6 is 0 Å². The molecule has 0 saturated heterocycles. The van der Waals surface area contributed by atoms with Crippen LogP contribution in [-0.2, 0) is 6.42 Å². The van der Waals surface area contributed by atoms with E-state index in [9.17, 15) is 5.11 Å². The van der Waals surface area contributed by atoms with E-state index in [0.717, 1.165) is 33.6 Å². The monoisotopic (exact) mass is 690 g/mol. The van der Waals surface area contributed by atoms with Gasteiger partial charge in [-0.25, -0.2) is 0 Å². The third-order valence-corrected chi connectivity index (χ3v) is 9.71. The molecule has 1 N–H and O–H groups in total. The predicted molar refractivity (Wildman–Crippen MR) is 194 cm³/mol. The fourth-order valence-electron chi connectivity index (χ4n) is 7.36. The van der Waals surface area contributed by atoms with Crippen molar-refractivity contribution in [1.82, 2.24) is 0 Å². The van der Waals surface area contributed by atoms with E-state index in [0.29, 0.717) is 52.0 Å². The maximum atomic E-state index is 15.0. The topological polar surface area (TPSA) is 102 Å². The maximum absolute atomic E-state index is 15.0. The summed E-state index contributed by atoms with van der Waals surface area (Å²) in [6, 6.07) is 28.0. The molecule has 0 fully saturated rings. The van der Waals surface area contributed by atoms with Crippen molar-refractivity contribution in [3.05, 3.63) is 130 Å². The van der Waals surface area contributed by atoms with E-state index >= 15 is 4.79 Å². The van der Waals surface area contributed by atoms with Crippen LogP contribution in [0.4, 0.5) is 0 Å². The Kier molecular flexibility index (Phi) is 10.3. The molecule has 0 aromatic heterocycles. The minimum absolute atomic E-state index is 0.171. The number of rotatable bonds is 13. The first kappa shape index (κ1) is 35.0. The van der Waals surface area contributed by atoms with Gasteiger partial charge in [-0.1, -0.05) is 24.3 Å². The van der Waals surface area contributed by atoms with Gasteiger partial charge >= 0.3 is 0 Å². The molecule has 1 aliphatic carbocycles. The Balaban J connectivity index is 1.72. The summed E-state index contributed by atoms with van der Waals surface area (Å²) in [6.45, 7) is 0. The van der Waals surface area contributed by atoms with Gasteiger partial charge in [-0.2, -0.15) is 0 Å². The number of carbonyl (C=O) groups excluding carboxylic acids is 1. The molecule has 6 rings (SSSR count). The molecule has 1 aliphatic rings. The molecule has 0 aliphatic heterocycles. The summed E-state index contributed by atoms with van der Waals surface area (Å²) in [4.78, 5) is 15.0. The molecule has 0 saturated carbocycles. The van der Waals surface area contributed by atoms with Crippen LogP contribution in [-0.4, -0.2) is 60.7 Å². The molecule has 0 radical (unpaired) electrons. The van der Waals surface area contributed by atoms with E-state index in [1.54, 1.807) is 86.2 Å². The number of methoxy groups -OCH3 is 7. The number of hydrogen-bond acceptors (Lipinski definition) is 9. The molecule has 51 heavy (non-hydrogen) atoms. The van der Waals surface area contributed by atoms with Gasteiger partial charge in [0.2, 0.25) is 0 Å². The largest absolute Gasteiger partial charge is 0.508 e. The summed E-state index contributed by atoms with van der Waals surface area (Å²) < 4.78 is 40.3. The molecule has 5 aromatic rings. The van der Waals surface area contributed by atoms with E-state index in [-0.39, 0.29) is 29.3 Å². The van der Waals surface area contributed by atoms with Gasteiger partial charge in [0.15, 0.2) is 5.78 Å². The summed E-state index contributed by atoms with van der Waals surface area (Å²) >= 11 is 0. The number of phenolic OH excluding ortho intramolecular Hbond substituents is 1. The average Bonchev–Trinajstić information content (AvgIpc) is 3.51. The van der Waals surface area contributed by atoms with Crippen LogP contribution in [0.3, 0.4) is 0 Å². The highest BCUT2D eigenvalue weighted by Crippen LogP contribution is 2.61. The average molecular weight is 691 g/mol. The van der Waals surface area contributed by atoms with Crippen LogP contribution in [0.25, 0.3) is 0 Å². The smallest absolute Gasteiger partial charge is 0.197 e. The molecular weight excluding hydrogens is 648 g/mol. The van der Waals surface area contributed by atoms with Crippen molar-refractivity contribution < 1.29 is 43.1 Å². The third-order valence-electron chi connectivity index (χ3n) is 9.71. The highest BCUT2D eigenvalue weighted by molar-refractivity contribution is 6.13. The second kappa shape index (κ2) is 15.0. The van der Waals surface area contributed by atoms with Crippen molar-refractivity contribution >= 4 is 5.78 Å². The molecule has 9 heteroatoms. The minimum Gasteiger partial charge on any atom is -0.508 e. The van der Waals surface area contributed by atoms with Crippen molar-refractivity contribution in [2.45, 2.75) is 24.2 Å². The number of carbonyl (C=O) groups is 1. The molecule has 0 heterocycles. The number of ether oxygens (including phenoxy) is 7. The van der Waals surface area contributed by atoms with Crippen LogP contribution in [0.2, 0.25) is 0 Å². The SMILES string of the molecule is COc1ccc([C@H]2[C@H](c3cc(OC)cc(OC)c3)c3c(OC)cc(OC)c(C(=O)c4cc(OC)cc(OC)c4)c3[C@H]2Cc2ccc(O)cc2)cc1. The first-order chi connectivity index (χ1) is 24.8. The van der Waals surface area contributed by atoms with Gasteiger partial charge in [-0.15, -0.1) is 0 Å². The normalized spacial score (nSPS) is 16.2. The van der Waals surface area contributed by atoms with Gasteiger partial charge in [0.25, 0.3) is 0 Å². The zero-order valence-electron chi connectivity index (χ0n) is 29.8. The second-order valence-electron chi connectivity index (χ2n) is 12.3.